The standard InChI is InChI=1S/C13H26N2OS/c1-13(2,3)9-11-10-15-12(17-11)14-7-5-6-8-16-4/h11H,5-10H2,1-4H3,(H,14,15). The fourth-order valence-electron chi connectivity index (χ4n) is 1.87. The van der Waals surface area contributed by atoms with Gasteiger partial charge in [0.1, 0.15) is 0 Å². The molecule has 0 aromatic carbocycles. The number of unbranched alkanes of at least 4 members (excludes halogenated alkanes) is 1. The lowest BCUT2D eigenvalue weighted by atomic mass is 9.90. The molecule has 0 fully saturated rings. The Balaban J connectivity index is 2.09. The van der Waals surface area contributed by atoms with Gasteiger partial charge in [-0.25, -0.2) is 0 Å². The number of nitrogens with zero attached hydrogens (tertiary/aromatic N) is 1. The molecule has 1 rings (SSSR count). The average molecular weight is 258 g/mol. The summed E-state index contributed by atoms with van der Waals surface area (Å²) >= 11 is 1.91. The number of rotatable bonds is 6. The summed E-state index contributed by atoms with van der Waals surface area (Å²) in [5, 5.41) is 5.21. The van der Waals surface area contributed by atoms with Crippen LogP contribution in [0.5, 0.6) is 0 Å². The predicted octanol–water partition coefficient (Wildman–Crippen LogP) is 2.91. The molecule has 100 valence electrons. The van der Waals surface area contributed by atoms with Gasteiger partial charge in [-0.15, -0.1) is 0 Å². The number of hydrogen-bond donors (Lipinski definition) is 1. The first kappa shape index (κ1) is 14.8. The van der Waals surface area contributed by atoms with E-state index in [9.17, 15) is 0 Å². The minimum atomic E-state index is 0.404. The van der Waals surface area contributed by atoms with Crippen LogP contribution in [0.1, 0.15) is 40.0 Å². The summed E-state index contributed by atoms with van der Waals surface area (Å²) in [6.07, 6.45) is 3.50. The van der Waals surface area contributed by atoms with Gasteiger partial charge in [0.05, 0.1) is 6.54 Å². The lowest BCUT2D eigenvalue weighted by Gasteiger charge is -2.21. The summed E-state index contributed by atoms with van der Waals surface area (Å²) in [4.78, 5) is 4.56. The molecule has 0 amide bonds. The van der Waals surface area contributed by atoms with Gasteiger partial charge >= 0.3 is 0 Å². The molecule has 1 N–H and O–H groups in total. The van der Waals surface area contributed by atoms with Crippen LogP contribution in [0.25, 0.3) is 0 Å². The molecule has 0 aromatic rings. The van der Waals surface area contributed by atoms with Crippen LogP contribution in [-0.4, -0.2) is 37.2 Å². The second-order valence-corrected chi connectivity index (χ2v) is 7.07. The Morgan fingerprint density at radius 3 is 2.82 bits per heavy atom. The average Bonchev–Trinajstić information content (AvgIpc) is 2.63. The van der Waals surface area contributed by atoms with Crippen molar-refractivity contribution in [1.29, 1.82) is 0 Å². The van der Waals surface area contributed by atoms with Crippen LogP contribution in [0, 0.1) is 5.41 Å². The minimum Gasteiger partial charge on any atom is -0.385 e. The summed E-state index contributed by atoms with van der Waals surface area (Å²) in [6, 6.07) is 0. The molecule has 1 aliphatic heterocycles. The minimum absolute atomic E-state index is 0.404. The van der Waals surface area contributed by atoms with Crippen LogP contribution in [-0.2, 0) is 4.74 Å². The van der Waals surface area contributed by atoms with Gasteiger partial charge in [-0.3, -0.25) is 4.99 Å². The van der Waals surface area contributed by atoms with E-state index in [1.807, 2.05) is 11.8 Å². The number of hydrogen-bond acceptors (Lipinski definition) is 4. The second kappa shape index (κ2) is 7.27. The zero-order valence-electron chi connectivity index (χ0n) is 11.6. The topological polar surface area (TPSA) is 33.6 Å². The molecule has 0 aliphatic carbocycles. The van der Waals surface area contributed by atoms with Gasteiger partial charge < -0.3 is 10.1 Å². The highest BCUT2D eigenvalue weighted by Crippen LogP contribution is 2.31. The highest BCUT2D eigenvalue weighted by molar-refractivity contribution is 8.14. The van der Waals surface area contributed by atoms with E-state index >= 15 is 0 Å². The van der Waals surface area contributed by atoms with Crippen molar-refractivity contribution in [2.45, 2.75) is 45.3 Å². The van der Waals surface area contributed by atoms with E-state index in [1.54, 1.807) is 7.11 Å². The van der Waals surface area contributed by atoms with Crippen molar-refractivity contribution in [3.8, 4) is 0 Å². The Hall–Kier alpha value is -0.220. The molecule has 0 bridgehead atoms. The van der Waals surface area contributed by atoms with E-state index in [1.165, 1.54) is 6.42 Å². The van der Waals surface area contributed by atoms with Crippen molar-refractivity contribution in [3.05, 3.63) is 0 Å². The van der Waals surface area contributed by atoms with Crippen LogP contribution in [0.3, 0.4) is 0 Å². The molecule has 0 radical (unpaired) electrons. The SMILES string of the molecule is COCCCCNC1=NCC(CC(C)(C)C)S1. The summed E-state index contributed by atoms with van der Waals surface area (Å²) < 4.78 is 5.02. The molecule has 17 heavy (non-hydrogen) atoms. The Labute approximate surface area is 110 Å². The van der Waals surface area contributed by atoms with Gasteiger partial charge in [0, 0.05) is 25.5 Å². The number of aliphatic imine (C=N–C) groups is 1. The van der Waals surface area contributed by atoms with Gasteiger partial charge in [-0.1, -0.05) is 32.5 Å². The number of methoxy groups -OCH3 is 1. The Bertz CT molecular complexity index is 248. The Morgan fingerprint density at radius 1 is 1.41 bits per heavy atom. The largest absolute Gasteiger partial charge is 0.385 e. The Kier molecular flexibility index (Phi) is 6.34. The first-order valence-electron chi connectivity index (χ1n) is 6.45. The quantitative estimate of drug-likeness (QED) is 0.744. The summed E-state index contributed by atoms with van der Waals surface area (Å²) in [7, 11) is 1.75. The molecule has 1 aliphatic rings. The van der Waals surface area contributed by atoms with Crippen molar-refractivity contribution in [2.24, 2.45) is 10.4 Å². The third-order valence-corrected chi connectivity index (χ3v) is 3.75. The highest BCUT2D eigenvalue weighted by atomic mass is 32.2. The van der Waals surface area contributed by atoms with E-state index < -0.39 is 0 Å². The fraction of sp³-hybridized carbons (Fsp3) is 0.923. The van der Waals surface area contributed by atoms with E-state index in [0.29, 0.717) is 10.7 Å². The fourth-order valence-corrected chi connectivity index (χ4v) is 3.25. The second-order valence-electron chi connectivity index (χ2n) is 5.78. The van der Waals surface area contributed by atoms with E-state index in [2.05, 4.69) is 31.1 Å². The number of thioether (sulfide) groups is 1. The van der Waals surface area contributed by atoms with Crippen molar-refractivity contribution in [2.75, 3.05) is 26.8 Å². The Morgan fingerprint density at radius 2 is 2.18 bits per heavy atom. The maximum absolute atomic E-state index is 5.02. The molecule has 0 saturated heterocycles. The molecule has 1 unspecified atom stereocenters. The molecule has 0 spiro atoms. The normalized spacial score (nSPS) is 20.5. The lowest BCUT2D eigenvalue weighted by molar-refractivity contribution is 0.193. The van der Waals surface area contributed by atoms with E-state index in [4.69, 9.17) is 4.74 Å². The summed E-state index contributed by atoms with van der Waals surface area (Å²) in [5.74, 6) is 0. The van der Waals surface area contributed by atoms with Crippen LogP contribution in [0.2, 0.25) is 0 Å². The van der Waals surface area contributed by atoms with Gasteiger partial charge in [0.25, 0.3) is 0 Å². The molecule has 0 aromatic heterocycles. The third kappa shape index (κ3) is 6.94. The third-order valence-electron chi connectivity index (χ3n) is 2.61. The van der Waals surface area contributed by atoms with Crippen LogP contribution >= 0.6 is 11.8 Å². The maximum Gasteiger partial charge on any atom is 0.156 e. The molecule has 1 heterocycles. The smallest absolute Gasteiger partial charge is 0.156 e. The molecule has 0 saturated carbocycles. The lowest BCUT2D eigenvalue weighted by Crippen LogP contribution is -2.22. The van der Waals surface area contributed by atoms with Gasteiger partial charge in [-0.05, 0) is 24.7 Å². The first-order valence-corrected chi connectivity index (χ1v) is 7.33. The van der Waals surface area contributed by atoms with E-state index in [0.717, 1.165) is 37.7 Å². The predicted molar refractivity (Wildman–Crippen MR) is 76.9 cm³/mol. The monoisotopic (exact) mass is 258 g/mol. The van der Waals surface area contributed by atoms with Crippen molar-refractivity contribution >= 4 is 16.9 Å². The first-order chi connectivity index (χ1) is 8.01. The highest BCUT2D eigenvalue weighted by Gasteiger charge is 2.24. The number of amidine groups is 1. The van der Waals surface area contributed by atoms with Crippen LogP contribution < -0.4 is 5.32 Å². The van der Waals surface area contributed by atoms with E-state index in [-0.39, 0.29) is 0 Å². The molecule has 4 heteroatoms. The number of ether oxygens (including phenoxy) is 1. The summed E-state index contributed by atoms with van der Waals surface area (Å²) in [6.45, 7) is 9.73. The molecule has 1 atom stereocenters. The zero-order valence-corrected chi connectivity index (χ0v) is 12.4. The molecular formula is C13H26N2OS. The van der Waals surface area contributed by atoms with Gasteiger partial charge in [0.2, 0.25) is 0 Å². The van der Waals surface area contributed by atoms with Crippen molar-refractivity contribution < 1.29 is 4.74 Å². The molecular weight excluding hydrogens is 232 g/mol. The maximum atomic E-state index is 5.02. The van der Waals surface area contributed by atoms with Crippen molar-refractivity contribution in [3.63, 3.8) is 0 Å². The zero-order chi connectivity index (χ0) is 12.7. The molecule has 3 nitrogen and oxygen atoms in total. The summed E-state index contributed by atoms with van der Waals surface area (Å²) in [5.41, 5.74) is 0.404. The van der Waals surface area contributed by atoms with Crippen LogP contribution in [0.4, 0.5) is 0 Å². The van der Waals surface area contributed by atoms with Gasteiger partial charge in [0.15, 0.2) is 5.17 Å². The van der Waals surface area contributed by atoms with Gasteiger partial charge in [-0.2, -0.15) is 0 Å². The van der Waals surface area contributed by atoms with Crippen LogP contribution in [0.15, 0.2) is 4.99 Å². The number of nitrogens with one attached hydrogen (secondary N) is 1. The van der Waals surface area contributed by atoms with Crippen molar-refractivity contribution in [1.82, 2.24) is 5.32 Å².